The summed E-state index contributed by atoms with van der Waals surface area (Å²) in [5.74, 6) is 0.659. The van der Waals surface area contributed by atoms with Crippen LogP contribution in [0.2, 0.25) is 0 Å². The van der Waals surface area contributed by atoms with Gasteiger partial charge in [-0.05, 0) is 49.9 Å². The van der Waals surface area contributed by atoms with E-state index < -0.39 is 0 Å². The van der Waals surface area contributed by atoms with Crippen LogP contribution >= 0.6 is 0 Å². The summed E-state index contributed by atoms with van der Waals surface area (Å²) < 4.78 is 0. The van der Waals surface area contributed by atoms with E-state index in [1.165, 1.54) is 5.69 Å². The first-order chi connectivity index (χ1) is 13.2. The number of hydrogen-bond acceptors (Lipinski definition) is 5. The standard InChI is InChI=1S/C21H29N5O/c1-3-4-11-22-20-10-5-17(16-23-20)21(27)24-18-6-8-19(9-7-18)26-14-12-25(2)13-15-26/h5-10,16H,3-4,11-15H2,1-2H3,(H,22,23)(H,24,27). The number of hydrogen-bond donors (Lipinski definition) is 2. The number of unbranched alkanes of at least 4 members (excludes halogenated alkanes) is 1. The van der Waals surface area contributed by atoms with E-state index in [9.17, 15) is 4.79 Å². The smallest absolute Gasteiger partial charge is 0.257 e. The Morgan fingerprint density at radius 2 is 1.81 bits per heavy atom. The second kappa shape index (κ2) is 9.37. The van der Waals surface area contributed by atoms with E-state index in [-0.39, 0.29) is 5.91 Å². The van der Waals surface area contributed by atoms with Crippen LogP contribution in [0.25, 0.3) is 0 Å². The highest BCUT2D eigenvalue weighted by Crippen LogP contribution is 2.20. The van der Waals surface area contributed by atoms with Crippen molar-refractivity contribution in [2.24, 2.45) is 0 Å². The van der Waals surface area contributed by atoms with Gasteiger partial charge in [-0.2, -0.15) is 0 Å². The Morgan fingerprint density at radius 1 is 1.07 bits per heavy atom. The largest absolute Gasteiger partial charge is 0.370 e. The van der Waals surface area contributed by atoms with Gasteiger partial charge in [0.2, 0.25) is 0 Å². The van der Waals surface area contributed by atoms with Gasteiger partial charge in [0.25, 0.3) is 5.91 Å². The van der Waals surface area contributed by atoms with Gasteiger partial charge < -0.3 is 20.4 Å². The second-order valence-corrected chi connectivity index (χ2v) is 7.00. The molecule has 0 radical (unpaired) electrons. The van der Waals surface area contributed by atoms with Gasteiger partial charge in [0.1, 0.15) is 5.82 Å². The van der Waals surface area contributed by atoms with Crippen LogP contribution in [0.4, 0.5) is 17.2 Å². The normalized spacial score (nSPS) is 14.8. The van der Waals surface area contributed by atoms with Crippen molar-refractivity contribution < 1.29 is 4.79 Å². The highest BCUT2D eigenvalue weighted by Gasteiger charge is 2.14. The van der Waals surface area contributed by atoms with E-state index in [0.717, 1.165) is 57.1 Å². The number of carbonyl (C=O) groups is 1. The molecule has 6 heteroatoms. The fourth-order valence-corrected chi connectivity index (χ4v) is 3.05. The first-order valence-electron chi connectivity index (χ1n) is 9.70. The van der Waals surface area contributed by atoms with Crippen LogP contribution in [0.15, 0.2) is 42.6 Å². The maximum Gasteiger partial charge on any atom is 0.257 e. The number of aromatic nitrogens is 1. The molecule has 0 spiro atoms. The van der Waals surface area contributed by atoms with Crippen molar-refractivity contribution in [3.63, 3.8) is 0 Å². The molecular weight excluding hydrogens is 338 g/mol. The molecule has 27 heavy (non-hydrogen) atoms. The molecule has 1 fully saturated rings. The van der Waals surface area contributed by atoms with Gasteiger partial charge in [0.15, 0.2) is 0 Å². The van der Waals surface area contributed by atoms with Crippen molar-refractivity contribution in [1.29, 1.82) is 0 Å². The highest BCUT2D eigenvalue weighted by molar-refractivity contribution is 6.04. The summed E-state index contributed by atoms with van der Waals surface area (Å²) in [6, 6.07) is 11.7. The van der Waals surface area contributed by atoms with Crippen LogP contribution in [0.1, 0.15) is 30.1 Å². The fraction of sp³-hybridized carbons (Fsp3) is 0.429. The third-order valence-corrected chi connectivity index (χ3v) is 4.86. The van der Waals surface area contributed by atoms with Crippen LogP contribution in [0.5, 0.6) is 0 Å². The molecule has 1 aliphatic heterocycles. The molecule has 0 atom stereocenters. The van der Waals surface area contributed by atoms with Gasteiger partial charge in [-0.25, -0.2) is 4.98 Å². The Hall–Kier alpha value is -2.60. The Bertz CT molecular complexity index is 721. The lowest BCUT2D eigenvalue weighted by Gasteiger charge is -2.34. The average molecular weight is 367 g/mol. The number of amides is 1. The van der Waals surface area contributed by atoms with Crippen molar-refractivity contribution in [1.82, 2.24) is 9.88 Å². The molecule has 0 bridgehead atoms. The SMILES string of the molecule is CCCCNc1ccc(C(=O)Nc2ccc(N3CCN(C)CC3)cc2)cn1. The molecule has 0 unspecified atom stereocenters. The third-order valence-electron chi connectivity index (χ3n) is 4.86. The maximum absolute atomic E-state index is 12.4. The van der Waals surface area contributed by atoms with Crippen LogP contribution < -0.4 is 15.5 Å². The quantitative estimate of drug-likeness (QED) is 0.736. The minimum Gasteiger partial charge on any atom is -0.370 e. The van der Waals surface area contributed by atoms with E-state index in [0.29, 0.717) is 5.56 Å². The van der Waals surface area contributed by atoms with E-state index >= 15 is 0 Å². The first-order valence-corrected chi connectivity index (χ1v) is 9.70. The number of carbonyl (C=O) groups excluding carboxylic acids is 1. The molecule has 0 aliphatic carbocycles. The topological polar surface area (TPSA) is 60.5 Å². The summed E-state index contributed by atoms with van der Waals surface area (Å²) in [6.45, 7) is 7.28. The lowest BCUT2D eigenvalue weighted by Crippen LogP contribution is -2.44. The molecule has 1 aromatic carbocycles. The van der Waals surface area contributed by atoms with Crippen molar-refractivity contribution in [2.75, 3.05) is 55.3 Å². The zero-order chi connectivity index (χ0) is 19.1. The molecular formula is C21H29N5O. The first kappa shape index (κ1) is 19.2. The summed E-state index contributed by atoms with van der Waals surface area (Å²) in [6.07, 6.45) is 3.86. The zero-order valence-electron chi connectivity index (χ0n) is 16.2. The minimum atomic E-state index is -0.144. The molecule has 2 N–H and O–H groups in total. The minimum absolute atomic E-state index is 0.144. The molecule has 2 heterocycles. The van der Waals surface area contributed by atoms with E-state index in [4.69, 9.17) is 0 Å². The number of rotatable bonds is 7. The Kier molecular flexibility index (Phi) is 6.65. The summed E-state index contributed by atoms with van der Waals surface area (Å²) in [5.41, 5.74) is 2.55. The lowest BCUT2D eigenvalue weighted by molar-refractivity contribution is 0.102. The van der Waals surface area contributed by atoms with Crippen LogP contribution in [-0.2, 0) is 0 Å². The fourth-order valence-electron chi connectivity index (χ4n) is 3.05. The lowest BCUT2D eigenvalue weighted by atomic mass is 10.2. The average Bonchev–Trinajstić information content (AvgIpc) is 2.70. The number of anilines is 3. The molecule has 144 valence electrons. The van der Waals surface area contributed by atoms with Crippen LogP contribution in [-0.4, -0.2) is 55.6 Å². The van der Waals surface area contributed by atoms with Crippen molar-refractivity contribution >= 4 is 23.1 Å². The number of likely N-dealkylation sites (N-methyl/N-ethyl adjacent to an activating group) is 1. The Balaban J connectivity index is 1.54. The van der Waals surface area contributed by atoms with Gasteiger partial charge >= 0.3 is 0 Å². The number of nitrogens with zero attached hydrogens (tertiary/aromatic N) is 3. The van der Waals surface area contributed by atoms with Gasteiger partial charge in [-0.1, -0.05) is 13.3 Å². The third kappa shape index (κ3) is 5.44. The molecule has 3 rings (SSSR count). The van der Waals surface area contributed by atoms with Gasteiger partial charge in [-0.3, -0.25) is 4.79 Å². The Morgan fingerprint density at radius 3 is 2.44 bits per heavy atom. The second-order valence-electron chi connectivity index (χ2n) is 7.00. The van der Waals surface area contributed by atoms with Crippen LogP contribution in [0, 0.1) is 0 Å². The van der Waals surface area contributed by atoms with Gasteiger partial charge in [-0.15, -0.1) is 0 Å². The van der Waals surface area contributed by atoms with Gasteiger partial charge in [0, 0.05) is 50.3 Å². The molecule has 1 saturated heterocycles. The van der Waals surface area contributed by atoms with Crippen molar-refractivity contribution in [3.8, 4) is 0 Å². The highest BCUT2D eigenvalue weighted by atomic mass is 16.1. The molecule has 1 aliphatic rings. The molecule has 1 aromatic heterocycles. The number of nitrogens with one attached hydrogen (secondary N) is 2. The van der Waals surface area contributed by atoms with Crippen molar-refractivity contribution in [2.45, 2.75) is 19.8 Å². The Labute approximate surface area is 161 Å². The zero-order valence-corrected chi connectivity index (χ0v) is 16.2. The van der Waals surface area contributed by atoms with Crippen molar-refractivity contribution in [3.05, 3.63) is 48.2 Å². The summed E-state index contributed by atoms with van der Waals surface area (Å²) in [5, 5.41) is 6.19. The number of benzene rings is 1. The van der Waals surface area contributed by atoms with E-state index in [2.05, 4.69) is 51.5 Å². The van der Waals surface area contributed by atoms with Gasteiger partial charge in [0.05, 0.1) is 5.56 Å². The molecule has 1 amide bonds. The molecule has 2 aromatic rings. The van der Waals surface area contributed by atoms with E-state index in [1.54, 1.807) is 12.3 Å². The molecule has 6 nitrogen and oxygen atoms in total. The summed E-state index contributed by atoms with van der Waals surface area (Å²) >= 11 is 0. The summed E-state index contributed by atoms with van der Waals surface area (Å²) in [7, 11) is 2.15. The summed E-state index contributed by atoms with van der Waals surface area (Å²) in [4.78, 5) is 21.4. The number of pyridine rings is 1. The molecule has 0 saturated carbocycles. The number of piperazine rings is 1. The maximum atomic E-state index is 12.4. The van der Waals surface area contributed by atoms with E-state index in [1.807, 2.05) is 18.2 Å². The predicted molar refractivity (Wildman–Crippen MR) is 112 cm³/mol. The predicted octanol–water partition coefficient (Wildman–Crippen LogP) is 3.30. The monoisotopic (exact) mass is 367 g/mol. The van der Waals surface area contributed by atoms with Crippen LogP contribution in [0.3, 0.4) is 0 Å².